The van der Waals surface area contributed by atoms with Gasteiger partial charge in [0.25, 0.3) is 5.91 Å². The highest BCUT2D eigenvalue weighted by atomic mass is 35.5. The van der Waals surface area contributed by atoms with Gasteiger partial charge in [-0.05, 0) is 43.2 Å². The number of aromatic nitrogens is 1. The van der Waals surface area contributed by atoms with Crippen LogP contribution < -0.4 is 11.1 Å². The zero-order valence-corrected chi connectivity index (χ0v) is 11.0. The van der Waals surface area contributed by atoms with E-state index in [1.165, 1.54) is 25.5 Å². The largest absolute Gasteiger partial charge is 0.397 e. The van der Waals surface area contributed by atoms with Gasteiger partial charge in [-0.2, -0.15) is 0 Å². The van der Waals surface area contributed by atoms with Crippen molar-refractivity contribution in [2.24, 2.45) is 11.8 Å². The molecule has 98 valence electrons. The molecule has 2 aliphatic carbocycles. The van der Waals surface area contributed by atoms with Crippen LogP contribution in [0.2, 0.25) is 0 Å². The maximum absolute atomic E-state index is 12.0. The standard InChI is InChI=1S/C13H17N3O.ClH/c14-10-3-4-11(15-7-10)13(17)16-12-6-8-1-2-9(12)5-8;/h3-4,7-9,12H,1-2,5-6,14H2,(H,16,17);1H. The number of fused-ring (bicyclic) bond motifs is 2. The lowest BCUT2D eigenvalue weighted by Crippen LogP contribution is -2.38. The number of halogens is 1. The summed E-state index contributed by atoms with van der Waals surface area (Å²) in [5, 5.41) is 3.10. The first-order valence-electron chi connectivity index (χ1n) is 6.25. The van der Waals surface area contributed by atoms with Gasteiger partial charge in [0.2, 0.25) is 0 Å². The number of carbonyl (C=O) groups excluding carboxylic acids is 1. The van der Waals surface area contributed by atoms with E-state index < -0.39 is 0 Å². The van der Waals surface area contributed by atoms with Gasteiger partial charge in [-0.3, -0.25) is 4.79 Å². The van der Waals surface area contributed by atoms with Crippen molar-refractivity contribution in [3.05, 3.63) is 24.0 Å². The number of nitrogen functional groups attached to an aromatic ring is 1. The van der Waals surface area contributed by atoms with E-state index in [0.29, 0.717) is 23.3 Å². The highest BCUT2D eigenvalue weighted by Gasteiger charge is 2.40. The molecule has 3 unspecified atom stereocenters. The number of hydrogen-bond donors (Lipinski definition) is 2. The lowest BCUT2D eigenvalue weighted by atomic mass is 9.95. The van der Waals surface area contributed by atoms with Crippen molar-refractivity contribution in [1.29, 1.82) is 0 Å². The van der Waals surface area contributed by atoms with Crippen LogP contribution in [0.5, 0.6) is 0 Å². The predicted molar refractivity (Wildman–Crippen MR) is 72.6 cm³/mol. The van der Waals surface area contributed by atoms with Gasteiger partial charge in [-0.15, -0.1) is 12.4 Å². The minimum atomic E-state index is -0.0671. The molecule has 1 heterocycles. The number of nitrogens with zero attached hydrogens (tertiary/aromatic N) is 1. The van der Waals surface area contributed by atoms with Crippen molar-refractivity contribution in [3.8, 4) is 0 Å². The predicted octanol–water partition coefficient (Wildman–Crippen LogP) is 2.00. The molecule has 18 heavy (non-hydrogen) atoms. The quantitative estimate of drug-likeness (QED) is 0.861. The second-order valence-corrected chi connectivity index (χ2v) is 5.23. The van der Waals surface area contributed by atoms with Gasteiger partial charge < -0.3 is 11.1 Å². The summed E-state index contributed by atoms with van der Waals surface area (Å²) in [4.78, 5) is 16.0. The van der Waals surface area contributed by atoms with Crippen molar-refractivity contribution in [2.45, 2.75) is 31.7 Å². The minimum Gasteiger partial charge on any atom is -0.397 e. The maximum Gasteiger partial charge on any atom is 0.270 e. The van der Waals surface area contributed by atoms with Gasteiger partial charge in [-0.25, -0.2) is 4.98 Å². The Balaban J connectivity index is 0.00000120. The van der Waals surface area contributed by atoms with Crippen LogP contribution in [0, 0.1) is 11.8 Å². The number of anilines is 1. The van der Waals surface area contributed by atoms with Crippen LogP contribution in [0.4, 0.5) is 5.69 Å². The highest BCUT2D eigenvalue weighted by molar-refractivity contribution is 5.92. The highest BCUT2D eigenvalue weighted by Crippen LogP contribution is 2.44. The van der Waals surface area contributed by atoms with Crippen LogP contribution in [0.3, 0.4) is 0 Å². The summed E-state index contributed by atoms with van der Waals surface area (Å²) < 4.78 is 0. The third-order valence-corrected chi connectivity index (χ3v) is 4.07. The molecule has 0 aliphatic heterocycles. The lowest BCUT2D eigenvalue weighted by molar-refractivity contribution is 0.0918. The Bertz CT molecular complexity index is 434. The summed E-state index contributed by atoms with van der Waals surface area (Å²) >= 11 is 0. The third kappa shape index (κ3) is 2.43. The van der Waals surface area contributed by atoms with E-state index in [4.69, 9.17) is 5.73 Å². The van der Waals surface area contributed by atoms with Crippen LogP contribution in [-0.4, -0.2) is 16.9 Å². The zero-order valence-electron chi connectivity index (χ0n) is 10.1. The Labute approximate surface area is 113 Å². The van der Waals surface area contributed by atoms with Gasteiger partial charge in [0.15, 0.2) is 0 Å². The van der Waals surface area contributed by atoms with E-state index in [2.05, 4.69) is 10.3 Å². The monoisotopic (exact) mass is 267 g/mol. The summed E-state index contributed by atoms with van der Waals surface area (Å²) in [5.41, 5.74) is 6.59. The second-order valence-electron chi connectivity index (χ2n) is 5.23. The zero-order chi connectivity index (χ0) is 11.8. The molecule has 3 N–H and O–H groups in total. The molecular formula is C13H18ClN3O. The Hall–Kier alpha value is -1.29. The fraction of sp³-hybridized carbons (Fsp3) is 0.538. The fourth-order valence-corrected chi connectivity index (χ4v) is 3.20. The Kier molecular flexibility index (Phi) is 3.76. The van der Waals surface area contributed by atoms with Gasteiger partial charge >= 0.3 is 0 Å². The Morgan fingerprint density at radius 1 is 1.33 bits per heavy atom. The number of amides is 1. The number of nitrogens with two attached hydrogens (primary N) is 1. The Morgan fingerprint density at radius 3 is 2.72 bits per heavy atom. The molecule has 3 rings (SSSR count). The van der Waals surface area contributed by atoms with E-state index in [1.54, 1.807) is 12.1 Å². The molecule has 0 spiro atoms. The lowest BCUT2D eigenvalue weighted by Gasteiger charge is -2.22. The molecule has 0 saturated heterocycles. The maximum atomic E-state index is 12.0. The van der Waals surface area contributed by atoms with Crippen molar-refractivity contribution >= 4 is 24.0 Å². The van der Waals surface area contributed by atoms with Crippen molar-refractivity contribution in [2.75, 3.05) is 5.73 Å². The van der Waals surface area contributed by atoms with Gasteiger partial charge in [0.05, 0.1) is 11.9 Å². The molecular weight excluding hydrogens is 250 g/mol. The van der Waals surface area contributed by atoms with Crippen molar-refractivity contribution in [3.63, 3.8) is 0 Å². The Morgan fingerprint density at radius 2 is 2.17 bits per heavy atom. The molecule has 1 amide bonds. The molecule has 0 radical (unpaired) electrons. The molecule has 2 aliphatic rings. The third-order valence-electron chi connectivity index (χ3n) is 4.07. The summed E-state index contributed by atoms with van der Waals surface area (Å²) in [6.07, 6.45) is 6.57. The SMILES string of the molecule is Cl.Nc1ccc(C(=O)NC2CC3CCC2C3)nc1. The molecule has 1 aromatic heterocycles. The number of carbonyl (C=O) groups is 1. The normalized spacial score (nSPS) is 28.8. The average molecular weight is 268 g/mol. The number of rotatable bonds is 2. The second kappa shape index (κ2) is 5.14. The first kappa shape index (κ1) is 13.1. The van der Waals surface area contributed by atoms with Gasteiger partial charge in [-0.1, -0.05) is 6.42 Å². The van der Waals surface area contributed by atoms with Crippen LogP contribution in [0.15, 0.2) is 18.3 Å². The van der Waals surface area contributed by atoms with E-state index in [1.807, 2.05) is 0 Å². The molecule has 1 aromatic rings. The van der Waals surface area contributed by atoms with Gasteiger partial charge in [0, 0.05) is 6.04 Å². The molecule has 2 saturated carbocycles. The first-order valence-corrected chi connectivity index (χ1v) is 6.25. The van der Waals surface area contributed by atoms with E-state index >= 15 is 0 Å². The van der Waals surface area contributed by atoms with Crippen LogP contribution >= 0.6 is 12.4 Å². The van der Waals surface area contributed by atoms with Crippen LogP contribution in [-0.2, 0) is 0 Å². The smallest absolute Gasteiger partial charge is 0.270 e. The van der Waals surface area contributed by atoms with Crippen LogP contribution in [0.1, 0.15) is 36.2 Å². The fourth-order valence-electron chi connectivity index (χ4n) is 3.20. The first-order chi connectivity index (χ1) is 8.22. The molecule has 5 heteroatoms. The minimum absolute atomic E-state index is 0. The molecule has 2 bridgehead atoms. The summed E-state index contributed by atoms with van der Waals surface area (Å²) in [6, 6.07) is 3.75. The number of pyridine rings is 1. The van der Waals surface area contributed by atoms with Crippen molar-refractivity contribution < 1.29 is 4.79 Å². The molecule has 4 nitrogen and oxygen atoms in total. The molecule has 3 atom stereocenters. The molecule has 2 fully saturated rings. The van der Waals surface area contributed by atoms with Crippen LogP contribution in [0.25, 0.3) is 0 Å². The summed E-state index contributed by atoms with van der Waals surface area (Å²) in [7, 11) is 0. The number of nitrogens with one attached hydrogen (secondary N) is 1. The van der Waals surface area contributed by atoms with Crippen molar-refractivity contribution in [1.82, 2.24) is 10.3 Å². The topological polar surface area (TPSA) is 68.0 Å². The van der Waals surface area contributed by atoms with E-state index in [-0.39, 0.29) is 18.3 Å². The van der Waals surface area contributed by atoms with E-state index in [9.17, 15) is 4.79 Å². The van der Waals surface area contributed by atoms with Gasteiger partial charge in [0.1, 0.15) is 5.69 Å². The summed E-state index contributed by atoms with van der Waals surface area (Å²) in [6.45, 7) is 0. The number of hydrogen-bond acceptors (Lipinski definition) is 3. The summed E-state index contributed by atoms with van der Waals surface area (Å²) in [5.74, 6) is 1.46. The average Bonchev–Trinajstić information content (AvgIpc) is 2.91. The van der Waals surface area contributed by atoms with E-state index in [0.717, 1.165) is 12.3 Å². The molecule has 0 aromatic carbocycles.